The molecule has 0 bridgehead atoms. The van der Waals surface area contributed by atoms with E-state index in [2.05, 4.69) is 15.5 Å². The summed E-state index contributed by atoms with van der Waals surface area (Å²) in [6.45, 7) is 3.32. The van der Waals surface area contributed by atoms with Crippen molar-refractivity contribution in [2.45, 2.75) is 37.8 Å². The van der Waals surface area contributed by atoms with Crippen LogP contribution >= 0.6 is 0 Å². The fourth-order valence-electron chi connectivity index (χ4n) is 4.28. The van der Waals surface area contributed by atoms with Gasteiger partial charge in [0.2, 0.25) is 11.8 Å². The van der Waals surface area contributed by atoms with E-state index in [-0.39, 0.29) is 24.0 Å². The number of imide groups is 2. The lowest BCUT2D eigenvalue weighted by atomic mass is 10.0. The standard InChI is InChI=1S/C21H26N4O5/c1-22-13-6-8-24(9-7-13)10-11-30-14-2-3-15-16(12-14)21(29)25(20(15)28)17-4-5-18(26)23-19(17)27/h2-3,12-13,17,22H,4-11H2,1H3,(H,23,26,27). The number of carbonyl (C=O) groups excluding carboxylic acids is 4. The van der Waals surface area contributed by atoms with E-state index in [4.69, 9.17) is 4.74 Å². The van der Waals surface area contributed by atoms with E-state index in [0.29, 0.717) is 18.4 Å². The van der Waals surface area contributed by atoms with Crippen molar-refractivity contribution in [2.75, 3.05) is 33.3 Å². The Kier molecular flexibility index (Phi) is 5.83. The summed E-state index contributed by atoms with van der Waals surface area (Å²) in [6, 6.07) is 4.42. The van der Waals surface area contributed by atoms with Gasteiger partial charge in [-0.2, -0.15) is 0 Å². The van der Waals surface area contributed by atoms with E-state index >= 15 is 0 Å². The maximum atomic E-state index is 12.8. The highest BCUT2D eigenvalue weighted by Gasteiger charge is 2.44. The average Bonchev–Trinajstić information content (AvgIpc) is 2.99. The van der Waals surface area contributed by atoms with Crippen molar-refractivity contribution in [1.82, 2.24) is 20.4 Å². The highest BCUT2D eigenvalue weighted by Crippen LogP contribution is 2.30. The van der Waals surface area contributed by atoms with Gasteiger partial charge < -0.3 is 10.1 Å². The Morgan fingerprint density at radius 2 is 1.80 bits per heavy atom. The number of benzene rings is 1. The number of hydrogen-bond donors (Lipinski definition) is 2. The first-order chi connectivity index (χ1) is 14.5. The van der Waals surface area contributed by atoms with Crippen LogP contribution in [0.1, 0.15) is 46.4 Å². The third kappa shape index (κ3) is 3.95. The SMILES string of the molecule is CNC1CCN(CCOc2ccc3c(c2)C(=O)N(C2CCC(=O)NC2=O)C3=O)CC1. The van der Waals surface area contributed by atoms with Crippen molar-refractivity contribution in [3.63, 3.8) is 0 Å². The Bertz CT molecular complexity index is 878. The highest BCUT2D eigenvalue weighted by molar-refractivity contribution is 6.23. The predicted molar refractivity (Wildman–Crippen MR) is 107 cm³/mol. The Morgan fingerprint density at radius 3 is 2.50 bits per heavy atom. The van der Waals surface area contributed by atoms with E-state index < -0.39 is 29.7 Å². The minimum atomic E-state index is -0.958. The lowest BCUT2D eigenvalue weighted by Crippen LogP contribution is -2.54. The summed E-state index contributed by atoms with van der Waals surface area (Å²) >= 11 is 0. The molecule has 9 heteroatoms. The summed E-state index contributed by atoms with van der Waals surface area (Å²) in [5.74, 6) is -1.52. The van der Waals surface area contributed by atoms with Crippen LogP contribution in [0.3, 0.4) is 0 Å². The maximum absolute atomic E-state index is 12.8. The molecule has 0 aliphatic carbocycles. The van der Waals surface area contributed by atoms with Crippen LogP contribution in [0.5, 0.6) is 5.75 Å². The van der Waals surface area contributed by atoms with Crippen molar-refractivity contribution in [3.05, 3.63) is 29.3 Å². The third-order valence-corrected chi connectivity index (χ3v) is 6.08. The molecule has 3 heterocycles. The normalized spacial score (nSPS) is 23.0. The molecule has 1 unspecified atom stereocenters. The zero-order valence-corrected chi connectivity index (χ0v) is 17.0. The predicted octanol–water partition coefficient (Wildman–Crippen LogP) is 0.150. The molecule has 9 nitrogen and oxygen atoms in total. The summed E-state index contributed by atoms with van der Waals surface area (Å²) in [5, 5.41) is 5.50. The number of hydrogen-bond acceptors (Lipinski definition) is 7. The molecule has 1 atom stereocenters. The Balaban J connectivity index is 1.37. The van der Waals surface area contributed by atoms with Crippen molar-refractivity contribution >= 4 is 23.6 Å². The van der Waals surface area contributed by atoms with Gasteiger partial charge in [0.1, 0.15) is 18.4 Å². The summed E-state index contributed by atoms with van der Waals surface area (Å²) in [5.41, 5.74) is 0.489. The van der Waals surface area contributed by atoms with E-state index in [9.17, 15) is 19.2 Å². The number of ether oxygens (including phenoxy) is 1. The number of fused-ring (bicyclic) bond motifs is 1. The number of rotatable bonds is 6. The average molecular weight is 414 g/mol. The quantitative estimate of drug-likeness (QED) is 0.638. The summed E-state index contributed by atoms with van der Waals surface area (Å²) in [6.07, 6.45) is 2.47. The smallest absolute Gasteiger partial charge is 0.262 e. The van der Waals surface area contributed by atoms with E-state index in [0.717, 1.165) is 37.4 Å². The molecule has 4 amide bonds. The number of nitrogens with zero attached hydrogens (tertiary/aromatic N) is 2. The Hall–Kier alpha value is -2.78. The molecule has 3 aliphatic heterocycles. The Morgan fingerprint density at radius 1 is 1.07 bits per heavy atom. The van der Waals surface area contributed by atoms with Crippen LogP contribution in [0.25, 0.3) is 0 Å². The second-order valence-electron chi connectivity index (χ2n) is 7.91. The molecule has 2 saturated heterocycles. The highest BCUT2D eigenvalue weighted by atomic mass is 16.5. The second kappa shape index (κ2) is 8.53. The molecule has 4 rings (SSSR count). The monoisotopic (exact) mass is 414 g/mol. The van der Waals surface area contributed by atoms with E-state index in [1.54, 1.807) is 18.2 Å². The minimum Gasteiger partial charge on any atom is -0.492 e. The van der Waals surface area contributed by atoms with Gasteiger partial charge in [-0.15, -0.1) is 0 Å². The van der Waals surface area contributed by atoms with Gasteiger partial charge in [-0.1, -0.05) is 0 Å². The molecule has 2 fully saturated rings. The number of amides is 4. The maximum Gasteiger partial charge on any atom is 0.262 e. The molecule has 0 saturated carbocycles. The first-order valence-corrected chi connectivity index (χ1v) is 10.4. The van der Waals surface area contributed by atoms with Crippen molar-refractivity contribution < 1.29 is 23.9 Å². The summed E-state index contributed by atoms with van der Waals surface area (Å²) < 4.78 is 5.82. The lowest BCUT2D eigenvalue weighted by molar-refractivity contribution is -0.136. The second-order valence-corrected chi connectivity index (χ2v) is 7.91. The molecule has 0 radical (unpaired) electrons. The number of likely N-dealkylation sites (tertiary alicyclic amines) is 1. The molecule has 0 spiro atoms. The largest absolute Gasteiger partial charge is 0.492 e. The molecule has 160 valence electrons. The molecule has 3 aliphatic rings. The number of nitrogens with one attached hydrogen (secondary N) is 2. The van der Waals surface area contributed by atoms with Crippen LogP contribution in [0.4, 0.5) is 0 Å². The van der Waals surface area contributed by atoms with Gasteiger partial charge in [-0.25, -0.2) is 0 Å². The topological polar surface area (TPSA) is 108 Å². The zero-order valence-electron chi connectivity index (χ0n) is 17.0. The van der Waals surface area contributed by atoms with Crippen LogP contribution in [0.2, 0.25) is 0 Å². The van der Waals surface area contributed by atoms with Crippen molar-refractivity contribution in [3.8, 4) is 5.75 Å². The molecule has 0 aromatic heterocycles. The lowest BCUT2D eigenvalue weighted by Gasteiger charge is -2.31. The van der Waals surface area contributed by atoms with Crippen LogP contribution in [0, 0.1) is 0 Å². The number of piperidine rings is 2. The minimum absolute atomic E-state index is 0.101. The summed E-state index contributed by atoms with van der Waals surface area (Å²) in [4.78, 5) is 52.3. The molecule has 30 heavy (non-hydrogen) atoms. The van der Waals surface area contributed by atoms with Crippen LogP contribution in [-0.4, -0.2) is 78.8 Å². The zero-order chi connectivity index (χ0) is 21.3. The molecule has 2 N–H and O–H groups in total. The summed E-state index contributed by atoms with van der Waals surface area (Å²) in [7, 11) is 1.99. The molecule has 1 aromatic rings. The van der Waals surface area contributed by atoms with Crippen LogP contribution in [0.15, 0.2) is 18.2 Å². The molecule has 1 aromatic carbocycles. The fourth-order valence-corrected chi connectivity index (χ4v) is 4.28. The van der Waals surface area contributed by atoms with Gasteiger partial charge in [-0.05, 0) is 57.6 Å². The first-order valence-electron chi connectivity index (χ1n) is 10.4. The van der Waals surface area contributed by atoms with Gasteiger partial charge in [0.15, 0.2) is 0 Å². The van der Waals surface area contributed by atoms with E-state index in [1.165, 1.54) is 0 Å². The van der Waals surface area contributed by atoms with Crippen LogP contribution in [-0.2, 0) is 9.59 Å². The molecular formula is C21H26N4O5. The fraction of sp³-hybridized carbons (Fsp3) is 0.524. The first kappa shape index (κ1) is 20.5. The molecular weight excluding hydrogens is 388 g/mol. The van der Waals surface area contributed by atoms with Gasteiger partial charge in [-0.3, -0.25) is 34.3 Å². The van der Waals surface area contributed by atoms with Gasteiger partial charge in [0.05, 0.1) is 11.1 Å². The third-order valence-electron chi connectivity index (χ3n) is 6.08. The van der Waals surface area contributed by atoms with Crippen molar-refractivity contribution in [1.29, 1.82) is 0 Å². The van der Waals surface area contributed by atoms with Gasteiger partial charge in [0, 0.05) is 19.0 Å². The van der Waals surface area contributed by atoms with Gasteiger partial charge in [0.25, 0.3) is 11.8 Å². The Labute approximate surface area is 174 Å². The van der Waals surface area contributed by atoms with E-state index in [1.807, 2.05) is 7.05 Å². The van der Waals surface area contributed by atoms with Crippen LogP contribution < -0.4 is 15.4 Å². The van der Waals surface area contributed by atoms with Gasteiger partial charge >= 0.3 is 0 Å². The number of carbonyl (C=O) groups is 4. The van der Waals surface area contributed by atoms with Crippen molar-refractivity contribution in [2.24, 2.45) is 0 Å².